The van der Waals surface area contributed by atoms with Gasteiger partial charge in [0.05, 0.1) is 16.2 Å². The minimum absolute atomic E-state index is 0.0849. The van der Waals surface area contributed by atoms with Crippen molar-refractivity contribution >= 4 is 51.5 Å². The molecular weight excluding hydrogens is 458 g/mol. The molecule has 0 saturated carbocycles. The number of aromatic nitrogens is 1. The SMILES string of the molecule is CCN1C(=O)C(=Cc2cn(Cc3ccccc3)c3ccccc23)SC1=Nc1ccc(C(=O)O)cc1. The number of hydrogen-bond donors (Lipinski definition) is 1. The summed E-state index contributed by atoms with van der Waals surface area (Å²) >= 11 is 1.34. The molecule has 1 aromatic heterocycles. The minimum Gasteiger partial charge on any atom is -0.478 e. The lowest BCUT2D eigenvalue weighted by atomic mass is 10.1. The second-order valence-electron chi connectivity index (χ2n) is 8.12. The predicted molar refractivity (Wildman–Crippen MR) is 141 cm³/mol. The van der Waals surface area contributed by atoms with Gasteiger partial charge in [0.1, 0.15) is 0 Å². The van der Waals surface area contributed by atoms with Gasteiger partial charge in [-0.3, -0.25) is 9.69 Å². The third-order valence-electron chi connectivity index (χ3n) is 5.85. The standard InChI is InChI=1S/C28H23N3O3S/c1-2-31-26(32)25(35-28(31)29-22-14-12-20(13-15-22)27(33)34)16-21-18-30(17-19-8-4-3-5-9-19)24-11-7-6-10-23(21)24/h3-16,18H,2,17H2,1H3,(H,33,34). The van der Waals surface area contributed by atoms with Crippen molar-refractivity contribution in [3.63, 3.8) is 0 Å². The Balaban J connectivity index is 1.49. The Hall–Kier alpha value is -4.10. The Kier molecular flexibility index (Phi) is 6.25. The molecule has 1 amide bonds. The summed E-state index contributed by atoms with van der Waals surface area (Å²) in [5.41, 5.74) is 4.10. The normalized spacial score (nSPS) is 16.0. The van der Waals surface area contributed by atoms with E-state index in [0.29, 0.717) is 22.3 Å². The van der Waals surface area contributed by atoms with Gasteiger partial charge in [0.25, 0.3) is 5.91 Å². The number of benzene rings is 3. The van der Waals surface area contributed by atoms with E-state index in [9.17, 15) is 9.59 Å². The van der Waals surface area contributed by atoms with Crippen molar-refractivity contribution in [1.82, 2.24) is 9.47 Å². The van der Waals surface area contributed by atoms with Crippen molar-refractivity contribution in [3.8, 4) is 0 Å². The molecule has 0 unspecified atom stereocenters. The minimum atomic E-state index is -0.985. The Labute approximate surface area is 207 Å². The van der Waals surface area contributed by atoms with Crippen LogP contribution in [0.5, 0.6) is 0 Å². The fourth-order valence-corrected chi connectivity index (χ4v) is 5.15. The molecule has 1 aliphatic heterocycles. The van der Waals surface area contributed by atoms with Crippen LogP contribution in [-0.2, 0) is 11.3 Å². The number of carboxylic acid groups (broad SMARTS) is 1. The molecule has 3 aromatic carbocycles. The van der Waals surface area contributed by atoms with Gasteiger partial charge < -0.3 is 9.67 Å². The molecular formula is C28H23N3O3S. The summed E-state index contributed by atoms with van der Waals surface area (Å²) in [7, 11) is 0. The van der Waals surface area contributed by atoms with Gasteiger partial charge in [-0.25, -0.2) is 9.79 Å². The third-order valence-corrected chi connectivity index (χ3v) is 6.85. The number of carbonyl (C=O) groups is 2. The van der Waals surface area contributed by atoms with Gasteiger partial charge in [-0.05, 0) is 60.7 Å². The van der Waals surface area contributed by atoms with Crippen molar-refractivity contribution < 1.29 is 14.7 Å². The van der Waals surface area contributed by atoms with Gasteiger partial charge in [-0.1, -0.05) is 48.5 Å². The van der Waals surface area contributed by atoms with Crippen molar-refractivity contribution in [2.24, 2.45) is 4.99 Å². The first-order chi connectivity index (χ1) is 17.0. The van der Waals surface area contributed by atoms with Crippen molar-refractivity contribution in [3.05, 3.63) is 107 Å². The van der Waals surface area contributed by atoms with Crippen molar-refractivity contribution in [1.29, 1.82) is 0 Å². The molecule has 1 fully saturated rings. The largest absolute Gasteiger partial charge is 0.478 e. The van der Waals surface area contributed by atoms with E-state index in [1.807, 2.05) is 43.3 Å². The zero-order valence-corrected chi connectivity index (χ0v) is 19.9. The van der Waals surface area contributed by atoms with Gasteiger partial charge in [0.2, 0.25) is 0 Å². The van der Waals surface area contributed by atoms with Crippen LogP contribution < -0.4 is 0 Å². The number of aromatic carboxylic acids is 1. The maximum Gasteiger partial charge on any atom is 0.335 e. The summed E-state index contributed by atoms with van der Waals surface area (Å²) in [5, 5.41) is 10.8. The third kappa shape index (κ3) is 4.63. The average Bonchev–Trinajstić information content (AvgIpc) is 3.36. The molecule has 0 spiro atoms. The number of rotatable bonds is 6. The van der Waals surface area contributed by atoms with Crippen LogP contribution >= 0.6 is 11.8 Å². The topological polar surface area (TPSA) is 74.9 Å². The number of amides is 1. The van der Waals surface area contributed by atoms with Gasteiger partial charge in [0.15, 0.2) is 5.17 Å². The van der Waals surface area contributed by atoms with Crippen LogP contribution in [0.2, 0.25) is 0 Å². The van der Waals surface area contributed by atoms with Crippen LogP contribution in [0.3, 0.4) is 0 Å². The molecule has 0 bridgehead atoms. The predicted octanol–water partition coefficient (Wildman–Crippen LogP) is 6.01. The molecule has 5 rings (SSSR count). The zero-order chi connectivity index (χ0) is 24.4. The molecule has 1 N–H and O–H groups in total. The van der Waals surface area contributed by atoms with Gasteiger partial charge in [-0.15, -0.1) is 0 Å². The van der Waals surface area contributed by atoms with E-state index in [2.05, 4.69) is 40.0 Å². The highest BCUT2D eigenvalue weighted by molar-refractivity contribution is 8.18. The van der Waals surface area contributed by atoms with Crippen molar-refractivity contribution in [2.45, 2.75) is 13.5 Å². The summed E-state index contributed by atoms with van der Waals surface area (Å²) in [6, 6.07) is 24.8. The first-order valence-electron chi connectivity index (χ1n) is 11.3. The van der Waals surface area contributed by atoms with Crippen LogP contribution in [0.4, 0.5) is 5.69 Å². The number of para-hydroxylation sites is 1. The summed E-state index contributed by atoms with van der Waals surface area (Å²) in [6.45, 7) is 3.15. The number of nitrogens with zero attached hydrogens (tertiary/aromatic N) is 3. The Morgan fingerprint density at radius 3 is 2.43 bits per heavy atom. The molecule has 4 aromatic rings. The highest BCUT2D eigenvalue weighted by atomic mass is 32.2. The summed E-state index contributed by atoms with van der Waals surface area (Å²) in [6.07, 6.45) is 4.03. The monoisotopic (exact) mass is 481 g/mol. The molecule has 0 atom stereocenters. The average molecular weight is 482 g/mol. The zero-order valence-electron chi connectivity index (χ0n) is 19.1. The van der Waals surface area contributed by atoms with Gasteiger partial charge in [-0.2, -0.15) is 0 Å². The summed E-state index contributed by atoms with van der Waals surface area (Å²) in [4.78, 5) is 31.2. The Morgan fingerprint density at radius 1 is 1.00 bits per heavy atom. The number of aliphatic imine (C=N–C) groups is 1. The lowest BCUT2D eigenvalue weighted by Gasteiger charge is -2.12. The first-order valence-corrected chi connectivity index (χ1v) is 12.1. The number of likely N-dealkylation sites (N-methyl/N-ethyl adjacent to an activating group) is 1. The molecule has 35 heavy (non-hydrogen) atoms. The number of fused-ring (bicyclic) bond motifs is 1. The number of hydrogen-bond acceptors (Lipinski definition) is 4. The molecule has 1 aliphatic rings. The smallest absolute Gasteiger partial charge is 0.335 e. The Bertz CT molecular complexity index is 1470. The van der Waals surface area contributed by atoms with Gasteiger partial charge in [0, 0.05) is 35.8 Å². The quantitative estimate of drug-likeness (QED) is 0.342. The van der Waals surface area contributed by atoms with E-state index in [1.165, 1.54) is 29.5 Å². The maximum atomic E-state index is 13.2. The van der Waals surface area contributed by atoms with E-state index in [0.717, 1.165) is 23.0 Å². The second-order valence-corrected chi connectivity index (χ2v) is 9.13. The number of amidine groups is 1. The molecule has 6 nitrogen and oxygen atoms in total. The van der Waals surface area contributed by atoms with E-state index in [-0.39, 0.29) is 11.5 Å². The Morgan fingerprint density at radius 2 is 1.71 bits per heavy atom. The molecule has 2 heterocycles. The maximum absolute atomic E-state index is 13.2. The first kappa shape index (κ1) is 22.7. The number of carboxylic acids is 1. The molecule has 0 radical (unpaired) electrons. The lowest BCUT2D eigenvalue weighted by Crippen LogP contribution is -2.28. The fourth-order valence-electron chi connectivity index (χ4n) is 4.10. The second kappa shape index (κ2) is 9.64. The fraction of sp³-hybridized carbons (Fsp3) is 0.107. The van der Waals surface area contributed by atoms with E-state index in [4.69, 9.17) is 5.11 Å². The lowest BCUT2D eigenvalue weighted by molar-refractivity contribution is -0.122. The van der Waals surface area contributed by atoms with Crippen LogP contribution in [0, 0.1) is 0 Å². The molecule has 174 valence electrons. The number of thioether (sulfide) groups is 1. The van der Waals surface area contributed by atoms with Crippen LogP contribution in [-0.4, -0.2) is 38.2 Å². The van der Waals surface area contributed by atoms with E-state index < -0.39 is 5.97 Å². The van der Waals surface area contributed by atoms with Crippen molar-refractivity contribution in [2.75, 3.05) is 6.54 Å². The molecule has 0 aliphatic carbocycles. The van der Waals surface area contributed by atoms with Gasteiger partial charge >= 0.3 is 5.97 Å². The highest BCUT2D eigenvalue weighted by Gasteiger charge is 2.32. The molecule has 7 heteroatoms. The van der Waals surface area contributed by atoms with Crippen LogP contribution in [0.15, 0.2) is 95.0 Å². The van der Waals surface area contributed by atoms with E-state index in [1.54, 1.807) is 17.0 Å². The molecule has 1 saturated heterocycles. The van der Waals surface area contributed by atoms with Crippen LogP contribution in [0.25, 0.3) is 17.0 Å². The van der Waals surface area contributed by atoms with E-state index >= 15 is 0 Å². The summed E-state index contributed by atoms with van der Waals surface area (Å²) < 4.78 is 2.21. The highest BCUT2D eigenvalue weighted by Crippen LogP contribution is 2.35. The number of carbonyl (C=O) groups excluding carboxylic acids is 1. The van der Waals surface area contributed by atoms with Crippen LogP contribution in [0.1, 0.15) is 28.4 Å². The summed E-state index contributed by atoms with van der Waals surface area (Å²) in [5.74, 6) is -1.07.